The molecule has 1 saturated heterocycles. The number of hydrogen-bond acceptors (Lipinski definition) is 3. The van der Waals surface area contributed by atoms with Crippen LogP contribution in [0.4, 0.5) is 4.79 Å². The number of aliphatic carboxylic acids is 1. The summed E-state index contributed by atoms with van der Waals surface area (Å²) in [5.74, 6) is -1.21. The molecule has 8 heteroatoms. The maximum absolute atomic E-state index is 12.1. The Kier molecular flexibility index (Phi) is 4.66. The van der Waals surface area contributed by atoms with Gasteiger partial charge in [0.1, 0.15) is 5.54 Å². The maximum atomic E-state index is 12.1. The molecule has 1 heterocycles. The molecule has 0 aromatic carbocycles. The number of carbonyl (C=O) groups excluding carboxylic acids is 2. The standard InChI is InChI=1S/C12H20ClN3O4/c1-12(2)10(19)14(11(20)15(12)13)6-5-7-16(3,4)8-9(17)18/h5-8H2,1-4H3/p+1. The number of rotatable bonds is 6. The summed E-state index contributed by atoms with van der Waals surface area (Å²) in [6.07, 6.45) is 0.526. The van der Waals surface area contributed by atoms with E-state index in [1.807, 2.05) is 0 Å². The molecule has 0 spiro atoms. The van der Waals surface area contributed by atoms with Crippen molar-refractivity contribution in [2.45, 2.75) is 25.8 Å². The molecule has 0 radical (unpaired) electrons. The average Bonchev–Trinajstić information content (AvgIpc) is 2.42. The third-order valence-electron chi connectivity index (χ3n) is 3.37. The minimum atomic E-state index is -1.04. The van der Waals surface area contributed by atoms with E-state index in [0.29, 0.717) is 17.4 Å². The smallest absolute Gasteiger partial charge is 0.359 e. The molecule has 1 N–H and O–H groups in total. The molecule has 0 aliphatic carbocycles. The molecule has 0 aromatic rings. The minimum absolute atomic E-state index is 0.00494. The largest absolute Gasteiger partial charge is 0.477 e. The second-order valence-electron chi connectivity index (χ2n) is 6.14. The van der Waals surface area contributed by atoms with E-state index in [4.69, 9.17) is 16.9 Å². The molecule has 1 aliphatic rings. The Hall–Kier alpha value is -1.34. The normalized spacial score (nSPS) is 18.9. The van der Waals surface area contributed by atoms with Gasteiger partial charge in [0, 0.05) is 24.7 Å². The molecule has 114 valence electrons. The molecular weight excluding hydrogens is 286 g/mol. The zero-order valence-electron chi connectivity index (χ0n) is 12.2. The molecule has 1 fully saturated rings. The predicted octanol–water partition coefficient (Wildman–Crippen LogP) is 0.734. The molecule has 0 saturated carbocycles. The van der Waals surface area contributed by atoms with E-state index in [-0.39, 0.29) is 19.0 Å². The van der Waals surface area contributed by atoms with Crippen LogP contribution in [0.2, 0.25) is 0 Å². The summed E-state index contributed by atoms with van der Waals surface area (Å²) in [7, 11) is 3.58. The van der Waals surface area contributed by atoms with Crippen molar-refractivity contribution in [2.24, 2.45) is 0 Å². The van der Waals surface area contributed by atoms with Crippen molar-refractivity contribution in [1.29, 1.82) is 0 Å². The number of hydrogen-bond donors (Lipinski definition) is 1. The lowest BCUT2D eigenvalue weighted by atomic mass is 10.1. The monoisotopic (exact) mass is 306 g/mol. The van der Waals surface area contributed by atoms with Gasteiger partial charge in [-0.1, -0.05) is 0 Å². The van der Waals surface area contributed by atoms with Gasteiger partial charge < -0.3 is 9.59 Å². The fourth-order valence-electron chi connectivity index (χ4n) is 2.15. The molecule has 7 nitrogen and oxygen atoms in total. The van der Waals surface area contributed by atoms with Crippen molar-refractivity contribution < 1.29 is 24.0 Å². The minimum Gasteiger partial charge on any atom is -0.477 e. The molecule has 3 amide bonds. The van der Waals surface area contributed by atoms with Crippen molar-refractivity contribution in [2.75, 3.05) is 33.7 Å². The molecule has 1 aliphatic heterocycles. The van der Waals surface area contributed by atoms with Crippen LogP contribution in [0, 0.1) is 0 Å². The van der Waals surface area contributed by atoms with E-state index in [1.165, 1.54) is 0 Å². The number of likely N-dealkylation sites (N-methyl/N-ethyl adjacent to an activating group) is 1. The highest BCUT2D eigenvalue weighted by Gasteiger charge is 2.50. The van der Waals surface area contributed by atoms with Crippen LogP contribution in [0.3, 0.4) is 0 Å². The van der Waals surface area contributed by atoms with E-state index in [1.54, 1.807) is 27.9 Å². The van der Waals surface area contributed by atoms with E-state index >= 15 is 0 Å². The third-order valence-corrected chi connectivity index (χ3v) is 3.93. The highest BCUT2D eigenvalue weighted by Crippen LogP contribution is 2.29. The van der Waals surface area contributed by atoms with Gasteiger partial charge in [-0.2, -0.15) is 0 Å². The summed E-state index contributed by atoms with van der Waals surface area (Å²) in [4.78, 5) is 35.8. The Balaban J connectivity index is 2.57. The fourth-order valence-corrected chi connectivity index (χ4v) is 2.31. The first kappa shape index (κ1) is 16.7. The zero-order chi connectivity index (χ0) is 15.7. The van der Waals surface area contributed by atoms with Gasteiger partial charge in [0.05, 0.1) is 20.6 Å². The van der Waals surface area contributed by atoms with Gasteiger partial charge in [0.15, 0.2) is 6.54 Å². The molecule has 20 heavy (non-hydrogen) atoms. The van der Waals surface area contributed by atoms with Crippen LogP contribution < -0.4 is 0 Å². The number of quaternary nitrogens is 1. The number of halogens is 1. The average molecular weight is 307 g/mol. The predicted molar refractivity (Wildman–Crippen MR) is 73.0 cm³/mol. The lowest BCUT2D eigenvalue weighted by molar-refractivity contribution is -0.883. The number of urea groups is 1. The number of nitrogens with zero attached hydrogens (tertiary/aromatic N) is 3. The number of carboxylic acids is 1. The van der Waals surface area contributed by atoms with Gasteiger partial charge in [0.2, 0.25) is 0 Å². The summed E-state index contributed by atoms with van der Waals surface area (Å²) < 4.78 is 1.20. The summed E-state index contributed by atoms with van der Waals surface area (Å²) in [6, 6.07) is -0.523. The van der Waals surface area contributed by atoms with Crippen LogP contribution in [0.5, 0.6) is 0 Å². The van der Waals surface area contributed by atoms with Crippen molar-refractivity contribution >= 4 is 29.7 Å². The molecule has 0 unspecified atom stereocenters. The van der Waals surface area contributed by atoms with Gasteiger partial charge >= 0.3 is 12.0 Å². The second-order valence-corrected chi connectivity index (χ2v) is 6.48. The third kappa shape index (κ3) is 3.40. The van der Waals surface area contributed by atoms with E-state index < -0.39 is 17.5 Å². The van der Waals surface area contributed by atoms with Crippen LogP contribution in [0.25, 0.3) is 0 Å². The zero-order valence-corrected chi connectivity index (χ0v) is 13.0. The van der Waals surface area contributed by atoms with Crippen LogP contribution in [0.1, 0.15) is 20.3 Å². The van der Waals surface area contributed by atoms with E-state index in [2.05, 4.69) is 0 Å². The first-order valence-corrected chi connectivity index (χ1v) is 6.68. The van der Waals surface area contributed by atoms with Gasteiger partial charge in [-0.05, 0) is 13.8 Å². The Morgan fingerprint density at radius 3 is 2.30 bits per heavy atom. The van der Waals surface area contributed by atoms with Crippen LogP contribution >= 0.6 is 11.8 Å². The van der Waals surface area contributed by atoms with Crippen molar-refractivity contribution in [3.8, 4) is 0 Å². The summed E-state index contributed by atoms with van der Waals surface area (Å²) in [6.45, 7) is 3.96. The maximum Gasteiger partial charge on any atom is 0.359 e. The van der Waals surface area contributed by atoms with Crippen molar-refractivity contribution in [3.05, 3.63) is 0 Å². The van der Waals surface area contributed by atoms with E-state index in [0.717, 1.165) is 9.32 Å². The molecular formula is C12H21ClN3O4+. The van der Waals surface area contributed by atoms with Gasteiger partial charge in [-0.15, -0.1) is 0 Å². The molecule has 0 bridgehead atoms. The summed E-state index contributed by atoms with van der Waals surface area (Å²) >= 11 is 5.82. The summed E-state index contributed by atoms with van der Waals surface area (Å²) in [5, 5.41) is 8.79. The fraction of sp³-hybridized carbons (Fsp3) is 0.750. The van der Waals surface area contributed by atoms with Gasteiger partial charge in [-0.3, -0.25) is 9.69 Å². The lowest BCUT2D eigenvalue weighted by Gasteiger charge is -2.28. The van der Waals surface area contributed by atoms with Crippen molar-refractivity contribution in [1.82, 2.24) is 9.32 Å². The summed E-state index contributed by atoms with van der Waals surface area (Å²) in [5.41, 5.74) is -1.04. The van der Waals surface area contributed by atoms with Crippen LogP contribution in [-0.4, -0.2) is 76.1 Å². The Bertz CT molecular complexity index is 436. The number of carbonyl (C=O) groups is 3. The molecule has 1 rings (SSSR count). The highest BCUT2D eigenvalue weighted by molar-refractivity contribution is 6.27. The quantitative estimate of drug-likeness (QED) is 0.446. The van der Waals surface area contributed by atoms with Gasteiger partial charge in [0.25, 0.3) is 5.91 Å². The SMILES string of the molecule is CC1(C)C(=O)N(CCC[N+](C)(C)CC(=O)O)C(=O)N1Cl. The lowest BCUT2D eigenvalue weighted by Crippen LogP contribution is -2.46. The Morgan fingerprint density at radius 1 is 1.35 bits per heavy atom. The Labute approximate surface area is 123 Å². The highest BCUT2D eigenvalue weighted by atomic mass is 35.5. The topological polar surface area (TPSA) is 77.9 Å². The Morgan fingerprint density at radius 2 is 1.90 bits per heavy atom. The first-order valence-electron chi connectivity index (χ1n) is 6.35. The number of amides is 3. The molecule has 0 atom stereocenters. The second kappa shape index (κ2) is 5.57. The van der Waals surface area contributed by atoms with Gasteiger partial charge in [-0.25, -0.2) is 14.0 Å². The number of carboxylic acid groups (broad SMARTS) is 1. The van der Waals surface area contributed by atoms with E-state index in [9.17, 15) is 14.4 Å². The van der Waals surface area contributed by atoms with Crippen LogP contribution in [0.15, 0.2) is 0 Å². The van der Waals surface area contributed by atoms with Crippen LogP contribution in [-0.2, 0) is 9.59 Å². The molecule has 0 aromatic heterocycles. The number of imide groups is 1. The first-order chi connectivity index (χ1) is 8.99. The van der Waals surface area contributed by atoms with Crippen molar-refractivity contribution in [3.63, 3.8) is 0 Å².